The van der Waals surface area contributed by atoms with E-state index in [0.29, 0.717) is 31.7 Å². The van der Waals surface area contributed by atoms with Gasteiger partial charge in [-0.3, -0.25) is 4.79 Å². The van der Waals surface area contributed by atoms with Crippen LogP contribution in [0.3, 0.4) is 0 Å². The predicted octanol–water partition coefficient (Wildman–Crippen LogP) is 1.01. The van der Waals surface area contributed by atoms with E-state index in [1.54, 1.807) is 11.8 Å². The third-order valence-electron chi connectivity index (χ3n) is 3.98. The van der Waals surface area contributed by atoms with Crippen LogP contribution in [0.15, 0.2) is 6.07 Å². The average molecular weight is 340 g/mol. The highest BCUT2D eigenvalue weighted by atomic mass is 32.2. The Labute approximate surface area is 137 Å². The minimum atomic E-state index is -3.38. The van der Waals surface area contributed by atoms with Gasteiger partial charge >= 0.3 is 0 Å². The van der Waals surface area contributed by atoms with Crippen molar-refractivity contribution in [2.45, 2.75) is 45.4 Å². The highest BCUT2D eigenvalue weighted by Gasteiger charge is 2.32. The molecule has 1 aliphatic rings. The van der Waals surface area contributed by atoms with Gasteiger partial charge in [-0.25, -0.2) is 8.42 Å². The van der Waals surface area contributed by atoms with E-state index in [4.69, 9.17) is 0 Å². The standard InChI is InChI=1S/C15H24N4O3S/c1-4-8-23(21,22)11(3)15(20)19-7-6-13-12(10-19)9-14(16-5-2)18-17-13/h9,11H,4-8,10H2,1-3H3,(H,16,18)/t11-/m1/s1. The summed E-state index contributed by atoms with van der Waals surface area (Å²) < 4.78 is 24.2. The second kappa shape index (κ2) is 7.25. The number of nitrogens with one attached hydrogen (secondary N) is 1. The number of hydrogen-bond donors (Lipinski definition) is 1. The van der Waals surface area contributed by atoms with E-state index >= 15 is 0 Å². The van der Waals surface area contributed by atoms with Crippen molar-refractivity contribution in [1.82, 2.24) is 15.1 Å². The molecule has 7 nitrogen and oxygen atoms in total. The molecule has 0 fully saturated rings. The molecule has 0 radical (unpaired) electrons. The molecule has 0 saturated carbocycles. The van der Waals surface area contributed by atoms with Crippen LogP contribution in [-0.4, -0.2) is 53.5 Å². The summed E-state index contributed by atoms with van der Waals surface area (Å²) in [6.07, 6.45) is 1.12. The minimum absolute atomic E-state index is 0.0420. The lowest BCUT2D eigenvalue weighted by atomic mass is 10.1. The van der Waals surface area contributed by atoms with Crippen molar-refractivity contribution < 1.29 is 13.2 Å². The quantitative estimate of drug-likeness (QED) is 0.831. The van der Waals surface area contributed by atoms with Gasteiger partial charge in [0.1, 0.15) is 11.1 Å². The summed E-state index contributed by atoms with van der Waals surface area (Å²) in [6.45, 7) is 6.85. The van der Waals surface area contributed by atoms with Crippen molar-refractivity contribution in [1.29, 1.82) is 0 Å². The zero-order valence-electron chi connectivity index (χ0n) is 13.9. The fraction of sp³-hybridized carbons (Fsp3) is 0.667. The van der Waals surface area contributed by atoms with Crippen molar-refractivity contribution in [2.24, 2.45) is 0 Å². The van der Waals surface area contributed by atoms with E-state index in [1.807, 2.05) is 13.0 Å². The number of rotatable bonds is 6. The molecular formula is C15H24N4O3S. The number of aromatic nitrogens is 2. The third kappa shape index (κ3) is 3.99. The van der Waals surface area contributed by atoms with Gasteiger partial charge in [0.15, 0.2) is 9.84 Å². The smallest absolute Gasteiger partial charge is 0.240 e. The molecule has 0 spiro atoms. The second-order valence-electron chi connectivity index (χ2n) is 5.75. The second-order valence-corrected chi connectivity index (χ2v) is 8.19. The maximum atomic E-state index is 12.5. The van der Waals surface area contributed by atoms with Gasteiger partial charge in [0, 0.05) is 26.1 Å². The van der Waals surface area contributed by atoms with E-state index in [0.717, 1.165) is 17.8 Å². The van der Waals surface area contributed by atoms with Crippen molar-refractivity contribution in [3.8, 4) is 0 Å². The van der Waals surface area contributed by atoms with Gasteiger partial charge in [-0.05, 0) is 31.9 Å². The molecule has 2 heterocycles. The van der Waals surface area contributed by atoms with Gasteiger partial charge in [-0.1, -0.05) is 6.92 Å². The Morgan fingerprint density at radius 1 is 1.39 bits per heavy atom. The highest BCUT2D eigenvalue weighted by Crippen LogP contribution is 2.20. The monoisotopic (exact) mass is 340 g/mol. The van der Waals surface area contributed by atoms with Crippen molar-refractivity contribution >= 4 is 21.6 Å². The maximum Gasteiger partial charge on any atom is 0.240 e. The maximum absolute atomic E-state index is 12.5. The molecule has 23 heavy (non-hydrogen) atoms. The van der Waals surface area contributed by atoms with Crippen LogP contribution in [0.2, 0.25) is 0 Å². The Bertz CT molecular complexity index is 675. The number of amides is 1. The molecule has 0 unspecified atom stereocenters. The summed E-state index contributed by atoms with van der Waals surface area (Å²) in [6, 6.07) is 1.89. The number of fused-ring (bicyclic) bond motifs is 1. The largest absolute Gasteiger partial charge is 0.369 e. The van der Waals surface area contributed by atoms with Crippen LogP contribution in [0.1, 0.15) is 38.4 Å². The topological polar surface area (TPSA) is 92.3 Å². The number of carbonyl (C=O) groups excluding carboxylic acids is 1. The summed E-state index contributed by atoms with van der Waals surface area (Å²) in [5, 5.41) is 10.4. The summed E-state index contributed by atoms with van der Waals surface area (Å²) in [4.78, 5) is 14.1. The van der Waals surface area contributed by atoms with E-state index in [2.05, 4.69) is 15.5 Å². The van der Waals surface area contributed by atoms with Gasteiger partial charge in [-0.2, -0.15) is 5.10 Å². The number of anilines is 1. The first-order chi connectivity index (χ1) is 10.9. The molecule has 8 heteroatoms. The summed E-state index contributed by atoms with van der Waals surface area (Å²) in [7, 11) is -3.38. The number of sulfone groups is 1. The Morgan fingerprint density at radius 2 is 2.13 bits per heavy atom. The normalized spacial score (nSPS) is 15.9. The van der Waals surface area contributed by atoms with Gasteiger partial charge in [0.2, 0.25) is 5.91 Å². The minimum Gasteiger partial charge on any atom is -0.369 e. The van der Waals surface area contributed by atoms with E-state index in [-0.39, 0.29) is 11.7 Å². The molecule has 0 aromatic carbocycles. The lowest BCUT2D eigenvalue weighted by molar-refractivity contribution is -0.131. The predicted molar refractivity (Wildman–Crippen MR) is 88.9 cm³/mol. The van der Waals surface area contributed by atoms with E-state index in [1.165, 1.54) is 6.92 Å². The zero-order chi connectivity index (χ0) is 17.0. The third-order valence-corrected chi connectivity index (χ3v) is 6.24. The number of carbonyl (C=O) groups is 1. The van der Waals surface area contributed by atoms with Crippen molar-refractivity contribution in [2.75, 3.05) is 24.2 Å². The SMILES string of the molecule is CCCS(=O)(=O)[C@H](C)C(=O)N1CCc2nnc(NCC)cc2C1. The first-order valence-corrected chi connectivity index (χ1v) is 9.70. The molecular weight excluding hydrogens is 316 g/mol. The van der Waals surface area contributed by atoms with Gasteiger partial charge in [0.25, 0.3) is 0 Å². The van der Waals surface area contributed by atoms with Crippen LogP contribution >= 0.6 is 0 Å². The van der Waals surface area contributed by atoms with Crippen molar-refractivity contribution in [3.05, 3.63) is 17.3 Å². The molecule has 1 aromatic heterocycles. The Hall–Kier alpha value is -1.70. The molecule has 128 valence electrons. The first kappa shape index (κ1) is 17.7. The molecule has 1 aromatic rings. The molecule has 2 rings (SSSR count). The summed E-state index contributed by atoms with van der Waals surface area (Å²) in [5.41, 5.74) is 1.80. The lowest BCUT2D eigenvalue weighted by Crippen LogP contribution is -2.44. The molecule has 1 atom stereocenters. The molecule has 0 aliphatic carbocycles. The Morgan fingerprint density at radius 3 is 2.78 bits per heavy atom. The fourth-order valence-electron chi connectivity index (χ4n) is 2.66. The molecule has 1 aliphatic heterocycles. The van der Waals surface area contributed by atoms with Crippen LogP contribution in [0.5, 0.6) is 0 Å². The number of hydrogen-bond acceptors (Lipinski definition) is 6. The molecule has 0 saturated heterocycles. The van der Waals surface area contributed by atoms with Crippen LogP contribution in [0.25, 0.3) is 0 Å². The lowest BCUT2D eigenvalue weighted by Gasteiger charge is -2.30. The van der Waals surface area contributed by atoms with Crippen LogP contribution < -0.4 is 5.32 Å². The fourth-order valence-corrected chi connectivity index (χ4v) is 4.04. The summed E-state index contributed by atoms with van der Waals surface area (Å²) in [5.74, 6) is 0.388. The molecule has 0 bridgehead atoms. The van der Waals surface area contributed by atoms with Crippen LogP contribution in [-0.2, 0) is 27.6 Å². The Balaban J connectivity index is 2.14. The van der Waals surface area contributed by atoms with Gasteiger partial charge < -0.3 is 10.2 Å². The van der Waals surface area contributed by atoms with Crippen molar-refractivity contribution in [3.63, 3.8) is 0 Å². The van der Waals surface area contributed by atoms with Crippen LogP contribution in [0.4, 0.5) is 5.82 Å². The highest BCUT2D eigenvalue weighted by molar-refractivity contribution is 7.92. The Kier molecular flexibility index (Phi) is 5.56. The van der Waals surface area contributed by atoms with Gasteiger partial charge in [0.05, 0.1) is 11.4 Å². The average Bonchev–Trinajstić information content (AvgIpc) is 2.53. The molecule has 1 amide bonds. The first-order valence-electron chi connectivity index (χ1n) is 7.98. The molecule has 1 N–H and O–H groups in total. The van der Waals surface area contributed by atoms with Crippen LogP contribution in [0, 0.1) is 0 Å². The zero-order valence-corrected chi connectivity index (χ0v) is 14.7. The van der Waals surface area contributed by atoms with E-state index < -0.39 is 15.1 Å². The van der Waals surface area contributed by atoms with E-state index in [9.17, 15) is 13.2 Å². The van der Waals surface area contributed by atoms with Gasteiger partial charge in [-0.15, -0.1) is 5.10 Å². The summed E-state index contributed by atoms with van der Waals surface area (Å²) >= 11 is 0. The number of nitrogens with zero attached hydrogens (tertiary/aromatic N) is 3.